The van der Waals surface area contributed by atoms with Crippen molar-refractivity contribution in [2.45, 2.75) is 32.4 Å². The Morgan fingerprint density at radius 2 is 2.06 bits per heavy atom. The lowest BCUT2D eigenvalue weighted by atomic mass is 10.2. The van der Waals surface area contributed by atoms with E-state index >= 15 is 0 Å². The monoisotopic (exact) mass is 278 g/mol. The third kappa shape index (κ3) is 2.74. The first-order valence-electron chi connectivity index (χ1n) is 6.18. The van der Waals surface area contributed by atoms with Crippen molar-refractivity contribution in [1.82, 2.24) is 10.3 Å². The first-order valence-corrected chi connectivity index (χ1v) is 7.37. The highest BCUT2D eigenvalue weighted by Gasteiger charge is 2.21. The van der Waals surface area contributed by atoms with Crippen LogP contribution in [0.5, 0.6) is 0 Å². The summed E-state index contributed by atoms with van der Waals surface area (Å²) in [5, 5.41) is 5.38. The molecule has 2 nitrogen and oxygen atoms in total. The minimum Gasteiger partial charge on any atom is -0.309 e. The number of hydrogen-bond acceptors (Lipinski definition) is 3. The smallest absolute Gasteiger partial charge is 0.123 e. The van der Waals surface area contributed by atoms with Gasteiger partial charge >= 0.3 is 0 Å². The molecule has 0 saturated heterocycles. The zero-order valence-corrected chi connectivity index (χ0v) is 11.8. The van der Waals surface area contributed by atoms with Gasteiger partial charge in [0.05, 0.1) is 5.69 Å². The van der Waals surface area contributed by atoms with Gasteiger partial charge in [0.15, 0.2) is 0 Å². The van der Waals surface area contributed by atoms with Crippen molar-refractivity contribution in [1.29, 1.82) is 0 Å². The quantitative estimate of drug-likeness (QED) is 0.914. The van der Waals surface area contributed by atoms with Gasteiger partial charge in [0, 0.05) is 28.0 Å². The third-order valence-electron chi connectivity index (χ3n) is 3.11. The molecule has 18 heavy (non-hydrogen) atoms. The molecule has 3 rings (SSSR count). The van der Waals surface area contributed by atoms with Crippen molar-refractivity contribution >= 4 is 22.9 Å². The Hall–Kier alpha value is -0.900. The molecule has 1 aliphatic rings. The first kappa shape index (κ1) is 12.2. The Kier molecular flexibility index (Phi) is 3.37. The molecule has 1 aliphatic carbocycles. The molecular formula is C14H15ClN2S. The summed E-state index contributed by atoms with van der Waals surface area (Å²) in [5.41, 5.74) is 2.28. The van der Waals surface area contributed by atoms with Crippen LogP contribution < -0.4 is 5.32 Å². The molecule has 2 aromatic rings. The first-order chi connectivity index (χ1) is 8.72. The van der Waals surface area contributed by atoms with Gasteiger partial charge in [-0.15, -0.1) is 11.3 Å². The minimum absolute atomic E-state index is 0.741. The van der Waals surface area contributed by atoms with Crippen molar-refractivity contribution in [2.24, 2.45) is 0 Å². The average molecular weight is 279 g/mol. The Labute approximate surface area is 116 Å². The van der Waals surface area contributed by atoms with E-state index in [1.807, 2.05) is 24.3 Å². The second-order valence-electron chi connectivity index (χ2n) is 4.69. The zero-order chi connectivity index (χ0) is 12.5. The average Bonchev–Trinajstić information content (AvgIpc) is 3.12. The number of aryl methyl sites for hydroxylation is 1. The van der Waals surface area contributed by atoms with Crippen LogP contribution in [-0.4, -0.2) is 11.0 Å². The highest BCUT2D eigenvalue weighted by atomic mass is 35.5. The van der Waals surface area contributed by atoms with Crippen LogP contribution in [0.25, 0.3) is 10.6 Å². The second kappa shape index (κ2) is 5.00. The molecule has 0 aliphatic heterocycles. The maximum atomic E-state index is 5.90. The second-order valence-corrected chi connectivity index (χ2v) is 6.21. The molecule has 0 unspecified atom stereocenters. The molecule has 0 atom stereocenters. The zero-order valence-electron chi connectivity index (χ0n) is 10.2. The van der Waals surface area contributed by atoms with Crippen molar-refractivity contribution < 1.29 is 0 Å². The normalized spacial score (nSPS) is 15.0. The lowest BCUT2D eigenvalue weighted by molar-refractivity contribution is 0.691. The number of hydrogen-bond donors (Lipinski definition) is 1. The van der Waals surface area contributed by atoms with Gasteiger partial charge in [0.25, 0.3) is 0 Å². The molecule has 1 heterocycles. The molecule has 1 aromatic heterocycles. The van der Waals surface area contributed by atoms with Crippen LogP contribution in [-0.2, 0) is 6.54 Å². The number of halogens is 1. The van der Waals surface area contributed by atoms with Gasteiger partial charge in [-0.1, -0.05) is 23.7 Å². The van der Waals surface area contributed by atoms with Crippen LogP contribution in [0.15, 0.2) is 24.3 Å². The molecule has 4 heteroatoms. The van der Waals surface area contributed by atoms with E-state index in [0.29, 0.717) is 0 Å². The number of benzene rings is 1. The van der Waals surface area contributed by atoms with Gasteiger partial charge < -0.3 is 5.32 Å². The topological polar surface area (TPSA) is 24.9 Å². The SMILES string of the molecule is Cc1nc(-c2ccc(Cl)cc2)sc1CNC1CC1. The third-order valence-corrected chi connectivity index (χ3v) is 4.57. The predicted octanol–water partition coefficient (Wildman–Crippen LogP) is 4.02. The summed E-state index contributed by atoms with van der Waals surface area (Å²) in [5.74, 6) is 0. The fourth-order valence-corrected chi connectivity index (χ4v) is 2.98. The maximum absolute atomic E-state index is 5.90. The van der Waals surface area contributed by atoms with Gasteiger partial charge in [-0.2, -0.15) is 0 Å². The van der Waals surface area contributed by atoms with Crippen LogP contribution in [0.1, 0.15) is 23.4 Å². The lowest BCUT2D eigenvalue weighted by Gasteiger charge is -1.99. The van der Waals surface area contributed by atoms with Crippen LogP contribution in [0.2, 0.25) is 5.02 Å². The van der Waals surface area contributed by atoms with Gasteiger partial charge in [-0.25, -0.2) is 4.98 Å². The van der Waals surface area contributed by atoms with E-state index in [2.05, 4.69) is 17.2 Å². The van der Waals surface area contributed by atoms with Crippen molar-refractivity contribution in [3.8, 4) is 10.6 Å². The van der Waals surface area contributed by atoms with Crippen LogP contribution in [0.4, 0.5) is 0 Å². The molecule has 0 amide bonds. The predicted molar refractivity (Wildman–Crippen MR) is 77.2 cm³/mol. The summed E-state index contributed by atoms with van der Waals surface area (Å²) in [4.78, 5) is 5.98. The summed E-state index contributed by atoms with van der Waals surface area (Å²) >= 11 is 7.67. The van der Waals surface area contributed by atoms with E-state index in [1.165, 1.54) is 17.7 Å². The Bertz CT molecular complexity index is 543. The molecular weight excluding hydrogens is 264 g/mol. The Morgan fingerprint density at radius 3 is 2.72 bits per heavy atom. The Balaban J connectivity index is 1.79. The Morgan fingerprint density at radius 1 is 1.33 bits per heavy atom. The number of rotatable bonds is 4. The molecule has 94 valence electrons. The number of nitrogens with one attached hydrogen (secondary N) is 1. The van der Waals surface area contributed by atoms with Crippen LogP contribution >= 0.6 is 22.9 Å². The van der Waals surface area contributed by atoms with Crippen molar-refractivity contribution in [3.63, 3.8) is 0 Å². The van der Waals surface area contributed by atoms with E-state index in [-0.39, 0.29) is 0 Å². The number of aromatic nitrogens is 1. The van der Waals surface area contributed by atoms with Gasteiger partial charge in [-0.05, 0) is 31.9 Å². The number of thiazole rings is 1. The van der Waals surface area contributed by atoms with E-state index in [0.717, 1.165) is 33.9 Å². The molecule has 0 bridgehead atoms. The summed E-state index contributed by atoms with van der Waals surface area (Å²) in [6, 6.07) is 8.62. The number of nitrogens with zero attached hydrogens (tertiary/aromatic N) is 1. The highest BCUT2D eigenvalue weighted by molar-refractivity contribution is 7.15. The fourth-order valence-electron chi connectivity index (χ4n) is 1.83. The minimum atomic E-state index is 0.741. The summed E-state index contributed by atoms with van der Waals surface area (Å²) in [6.45, 7) is 3.03. The summed E-state index contributed by atoms with van der Waals surface area (Å²) in [7, 11) is 0. The lowest BCUT2D eigenvalue weighted by Crippen LogP contribution is -2.14. The molecule has 1 aromatic carbocycles. The van der Waals surface area contributed by atoms with Gasteiger partial charge in [0.2, 0.25) is 0 Å². The maximum Gasteiger partial charge on any atom is 0.123 e. The van der Waals surface area contributed by atoms with Gasteiger partial charge in [-0.3, -0.25) is 0 Å². The van der Waals surface area contributed by atoms with E-state index < -0.39 is 0 Å². The molecule has 1 fully saturated rings. The molecule has 0 spiro atoms. The van der Waals surface area contributed by atoms with Gasteiger partial charge in [0.1, 0.15) is 5.01 Å². The summed E-state index contributed by atoms with van der Waals surface area (Å²) < 4.78 is 0. The molecule has 1 N–H and O–H groups in total. The van der Waals surface area contributed by atoms with Crippen LogP contribution in [0, 0.1) is 6.92 Å². The van der Waals surface area contributed by atoms with Crippen LogP contribution in [0.3, 0.4) is 0 Å². The molecule has 0 radical (unpaired) electrons. The van der Waals surface area contributed by atoms with E-state index in [9.17, 15) is 0 Å². The van der Waals surface area contributed by atoms with E-state index in [1.54, 1.807) is 11.3 Å². The van der Waals surface area contributed by atoms with Crippen molar-refractivity contribution in [2.75, 3.05) is 0 Å². The summed E-state index contributed by atoms with van der Waals surface area (Å²) in [6.07, 6.45) is 2.64. The van der Waals surface area contributed by atoms with Crippen molar-refractivity contribution in [3.05, 3.63) is 39.9 Å². The fraction of sp³-hybridized carbons (Fsp3) is 0.357. The van der Waals surface area contributed by atoms with E-state index in [4.69, 9.17) is 11.6 Å². The highest BCUT2D eigenvalue weighted by Crippen LogP contribution is 2.29. The standard InChI is InChI=1S/C14H15ClN2S/c1-9-13(8-16-12-6-7-12)18-14(17-9)10-2-4-11(15)5-3-10/h2-5,12,16H,6-8H2,1H3. The molecule has 1 saturated carbocycles. The largest absolute Gasteiger partial charge is 0.309 e.